The second-order valence-corrected chi connectivity index (χ2v) is 6.65. The van der Waals surface area contributed by atoms with Gasteiger partial charge in [-0.15, -0.1) is 11.3 Å². The average Bonchev–Trinajstić information content (AvgIpc) is 3.43. The molecule has 4 rings (SSSR count). The van der Waals surface area contributed by atoms with Crippen molar-refractivity contribution in [3.8, 4) is 0 Å². The molecule has 140 valence electrons. The molecule has 1 atom stereocenters. The first kappa shape index (κ1) is 17.6. The summed E-state index contributed by atoms with van der Waals surface area (Å²) in [6.07, 6.45) is 2.73. The third kappa shape index (κ3) is 2.67. The number of rotatable bonds is 5. The molecule has 0 unspecified atom stereocenters. The van der Waals surface area contributed by atoms with Crippen molar-refractivity contribution in [2.24, 2.45) is 0 Å². The van der Waals surface area contributed by atoms with Crippen LogP contribution in [0.4, 0.5) is 10.8 Å². The van der Waals surface area contributed by atoms with Crippen molar-refractivity contribution in [1.29, 1.82) is 0 Å². The monoisotopic (exact) mass is 397 g/mol. The summed E-state index contributed by atoms with van der Waals surface area (Å²) in [5.74, 6) is -2.50. The lowest BCUT2D eigenvalue weighted by Gasteiger charge is -2.23. The van der Waals surface area contributed by atoms with Crippen molar-refractivity contribution in [3.05, 3.63) is 87.0 Å². The van der Waals surface area contributed by atoms with Crippen LogP contribution in [0.15, 0.2) is 70.0 Å². The summed E-state index contributed by atoms with van der Waals surface area (Å²) < 4.78 is 5.11. The van der Waals surface area contributed by atoms with Crippen LogP contribution in [0.3, 0.4) is 0 Å². The number of carbonyl (C=O) groups excluding carboxylic acids is 2. The fourth-order valence-corrected chi connectivity index (χ4v) is 3.76. The Balaban J connectivity index is 1.95. The maximum Gasteiger partial charge on any atom is 0.296 e. The van der Waals surface area contributed by atoms with Gasteiger partial charge in [0.2, 0.25) is 5.78 Å². The number of ketones is 1. The zero-order valence-electron chi connectivity index (χ0n) is 14.0. The molecule has 0 fully saturated rings. The second kappa shape index (κ2) is 6.74. The number of anilines is 1. The number of aliphatic hydroxyl groups is 1. The van der Waals surface area contributed by atoms with E-state index < -0.39 is 28.4 Å². The zero-order chi connectivity index (χ0) is 19.8. The number of aromatic nitrogens is 1. The fourth-order valence-electron chi connectivity index (χ4n) is 3.09. The third-order valence-electron chi connectivity index (χ3n) is 4.25. The predicted molar refractivity (Wildman–Crippen MR) is 98.1 cm³/mol. The van der Waals surface area contributed by atoms with Gasteiger partial charge in [0.25, 0.3) is 11.6 Å². The first-order valence-electron chi connectivity index (χ1n) is 7.98. The lowest BCUT2D eigenvalue weighted by atomic mass is 9.94. The minimum absolute atomic E-state index is 0.0787. The summed E-state index contributed by atoms with van der Waals surface area (Å²) >= 11 is 1.10. The third-order valence-corrected chi connectivity index (χ3v) is 5.02. The average molecular weight is 397 g/mol. The molecule has 1 aromatic carbocycles. The van der Waals surface area contributed by atoms with E-state index in [9.17, 15) is 24.8 Å². The summed E-state index contributed by atoms with van der Waals surface area (Å²) in [5, 5.41) is 23.8. The highest BCUT2D eigenvalue weighted by Gasteiger charge is 2.48. The van der Waals surface area contributed by atoms with Crippen molar-refractivity contribution in [2.45, 2.75) is 6.04 Å². The van der Waals surface area contributed by atoms with E-state index in [4.69, 9.17) is 4.42 Å². The predicted octanol–water partition coefficient (Wildman–Crippen LogP) is 3.43. The van der Waals surface area contributed by atoms with Gasteiger partial charge in [0.05, 0.1) is 22.3 Å². The molecule has 1 N–H and O–H groups in total. The molecule has 0 aliphatic carbocycles. The van der Waals surface area contributed by atoms with Gasteiger partial charge in [-0.1, -0.05) is 12.1 Å². The second-order valence-electron chi connectivity index (χ2n) is 5.78. The molecule has 10 heteroatoms. The molecule has 2 aromatic heterocycles. The SMILES string of the molecule is O=C(C1=C(O)C(=O)N(c2nccs2)[C@@H]1c1ccccc1[N+](=O)[O-])c1ccco1. The van der Waals surface area contributed by atoms with E-state index in [2.05, 4.69) is 4.98 Å². The minimum atomic E-state index is -1.22. The van der Waals surface area contributed by atoms with Crippen molar-refractivity contribution in [3.63, 3.8) is 0 Å². The van der Waals surface area contributed by atoms with E-state index in [1.165, 1.54) is 42.8 Å². The standard InChI is InChI=1S/C18H11N3O6S/c22-15(12-6-3-8-27-12)13-14(10-4-1-2-5-11(10)21(25)26)20(17(24)16(13)23)18-19-7-9-28-18/h1-9,14,23H/t14-/m1/s1. The van der Waals surface area contributed by atoms with Crippen LogP contribution in [-0.4, -0.2) is 26.7 Å². The van der Waals surface area contributed by atoms with Crippen LogP contribution < -0.4 is 4.90 Å². The fraction of sp³-hybridized carbons (Fsp3) is 0.0556. The van der Waals surface area contributed by atoms with Crippen LogP contribution >= 0.6 is 11.3 Å². The number of thiazole rings is 1. The van der Waals surface area contributed by atoms with E-state index in [0.29, 0.717) is 0 Å². The van der Waals surface area contributed by atoms with Gasteiger partial charge in [-0.25, -0.2) is 4.98 Å². The lowest BCUT2D eigenvalue weighted by Crippen LogP contribution is -2.31. The highest BCUT2D eigenvalue weighted by atomic mass is 32.1. The largest absolute Gasteiger partial charge is 0.503 e. The maximum atomic E-state index is 13.0. The number of aliphatic hydroxyl groups excluding tert-OH is 1. The van der Waals surface area contributed by atoms with Gasteiger partial charge in [0.15, 0.2) is 16.7 Å². The molecule has 0 saturated carbocycles. The van der Waals surface area contributed by atoms with Gasteiger partial charge in [0.1, 0.15) is 6.04 Å². The zero-order valence-corrected chi connectivity index (χ0v) is 14.8. The topological polar surface area (TPSA) is 127 Å². The van der Waals surface area contributed by atoms with Gasteiger partial charge >= 0.3 is 0 Å². The van der Waals surface area contributed by atoms with Gasteiger partial charge in [0, 0.05) is 17.6 Å². The molecule has 1 amide bonds. The number of amides is 1. The molecule has 3 heterocycles. The Bertz CT molecular complexity index is 1100. The molecule has 9 nitrogen and oxygen atoms in total. The van der Waals surface area contributed by atoms with E-state index in [-0.39, 0.29) is 27.7 Å². The first-order valence-corrected chi connectivity index (χ1v) is 8.86. The van der Waals surface area contributed by atoms with E-state index >= 15 is 0 Å². The molecule has 0 radical (unpaired) electrons. The number of nitro groups is 1. The number of hydrogen-bond donors (Lipinski definition) is 1. The Hall–Kier alpha value is -3.79. The molecular formula is C18H11N3O6S. The number of Topliss-reactive ketones (excluding diaryl/α,β-unsaturated/α-hetero) is 1. The smallest absolute Gasteiger partial charge is 0.296 e. The number of carbonyl (C=O) groups is 2. The summed E-state index contributed by atoms with van der Waals surface area (Å²) in [7, 11) is 0. The van der Waals surface area contributed by atoms with E-state index in [0.717, 1.165) is 16.2 Å². The summed E-state index contributed by atoms with van der Waals surface area (Å²) in [4.78, 5) is 41.8. The van der Waals surface area contributed by atoms with Crippen molar-refractivity contribution >= 4 is 33.8 Å². The van der Waals surface area contributed by atoms with Crippen LogP contribution in [0.1, 0.15) is 22.2 Å². The van der Waals surface area contributed by atoms with E-state index in [1.807, 2.05) is 0 Å². The quantitative estimate of drug-likeness (QED) is 0.397. The number of benzene rings is 1. The first-order chi connectivity index (χ1) is 13.5. The molecule has 1 aliphatic heterocycles. The maximum absolute atomic E-state index is 13.0. The molecule has 0 bridgehead atoms. The van der Waals surface area contributed by atoms with Gasteiger partial charge in [-0.05, 0) is 18.2 Å². The number of hydrogen-bond acceptors (Lipinski definition) is 8. The Morgan fingerprint density at radius 2 is 2.07 bits per heavy atom. The Morgan fingerprint density at radius 3 is 2.71 bits per heavy atom. The van der Waals surface area contributed by atoms with Gasteiger partial charge < -0.3 is 9.52 Å². The summed E-state index contributed by atoms with van der Waals surface area (Å²) in [5.41, 5.74) is -0.513. The van der Waals surface area contributed by atoms with Crippen molar-refractivity contribution in [2.75, 3.05) is 4.90 Å². The summed E-state index contributed by atoms with van der Waals surface area (Å²) in [6.45, 7) is 0. The van der Waals surface area contributed by atoms with Crippen LogP contribution in [-0.2, 0) is 4.79 Å². The summed E-state index contributed by atoms with van der Waals surface area (Å²) in [6, 6.07) is 7.38. The Labute approximate surface area is 161 Å². The van der Waals surface area contributed by atoms with Crippen LogP contribution in [0, 0.1) is 10.1 Å². The Kier molecular flexibility index (Phi) is 4.24. The van der Waals surface area contributed by atoms with Gasteiger partial charge in [-0.3, -0.25) is 24.6 Å². The highest BCUT2D eigenvalue weighted by molar-refractivity contribution is 7.13. The number of nitro benzene ring substituents is 1. The molecule has 0 spiro atoms. The van der Waals surface area contributed by atoms with E-state index in [1.54, 1.807) is 11.4 Å². The Morgan fingerprint density at radius 1 is 1.29 bits per heavy atom. The number of furan rings is 1. The van der Waals surface area contributed by atoms with Crippen LogP contribution in [0.25, 0.3) is 0 Å². The number of nitrogens with zero attached hydrogens (tertiary/aromatic N) is 3. The van der Waals surface area contributed by atoms with Crippen LogP contribution in [0.5, 0.6) is 0 Å². The molecule has 3 aromatic rings. The minimum Gasteiger partial charge on any atom is -0.503 e. The van der Waals surface area contributed by atoms with Crippen molar-refractivity contribution in [1.82, 2.24) is 4.98 Å². The highest BCUT2D eigenvalue weighted by Crippen LogP contribution is 2.44. The van der Waals surface area contributed by atoms with Crippen LogP contribution in [0.2, 0.25) is 0 Å². The normalized spacial score (nSPS) is 16.6. The number of para-hydroxylation sites is 1. The van der Waals surface area contributed by atoms with Crippen molar-refractivity contribution < 1.29 is 24.0 Å². The molecule has 28 heavy (non-hydrogen) atoms. The van der Waals surface area contributed by atoms with Gasteiger partial charge in [-0.2, -0.15) is 0 Å². The molecule has 0 saturated heterocycles. The lowest BCUT2D eigenvalue weighted by molar-refractivity contribution is -0.385. The molecule has 1 aliphatic rings. The molecular weight excluding hydrogens is 386 g/mol.